The van der Waals surface area contributed by atoms with Crippen LogP contribution in [0.5, 0.6) is 0 Å². The summed E-state index contributed by atoms with van der Waals surface area (Å²) >= 11 is 0. The molecule has 4 atom stereocenters. The van der Waals surface area contributed by atoms with Crippen molar-refractivity contribution in [2.45, 2.75) is 65.7 Å². The maximum atomic E-state index is 2.48. The average molecular weight is 309 g/mol. The van der Waals surface area contributed by atoms with Gasteiger partial charge in [0.1, 0.15) is 0 Å². The van der Waals surface area contributed by atoms with Crippen molar-refractivity contribution in [2.75, 3.05) is 0 Å². The van der Waals surface area contributed by atoms with Gasteiger partial charge in [-0.15, -0.1) is 0 Å². The van der Waals surface area contributed by atoms with Gasteiger partial charge < -0.3 is 0 Å². The van der Waals surface area contributed by atoms with Crippen LogP contribution in [0.25, 0.3) is 0 Å². The number of rotatable bonds is 5. The average Bonchev–Trinajstić information content (AvgIpc) is 2.81. The van der Waals surface area contributed by atoms with Crippen molar-refractivity contribution in [1.29, 1.82) is 0 Å². The lowest BCUT2D eigenvalue weighted by molar-refractivity contribution is 0.268. The third-order valence-electron chi connectivity index (χ3n) is 6.53. The van der Waals surface area contributed by atoms with Gasteiger partial charge >= 0.3 is 0 Å². The molecule has 0 radical (unpaired) electrons. The van der Waals surface area contributed by atoms with Gasteiger partial charge in [0.15, 0.2) is 0 Å². The van der Waals surface area contributed by atoms with Crippen molar-refractivity contribution in [2.24, 2.45) is 17.3 Å². The molecule has 1 fully saturated rings. The van der Waals surface area contributed by atoms with Crippen LogP contribution in [0.4, 0.5) is 0 Å². The summed E-state index contributed by atoms with van der Waals surface area (Å²) in [7, 11) is 0. The summed E-state index contributed by atoms with van der Waals surface area (Å²) in [4.78, 5) is 0. The Morgan fingerprint density at radius 2 is 1.87 bits per heavy atom. The first-order valence-corrected chi connectivity index (χ1v) is 9.58. The molecule has 2 aliphatic carbocycles. The highest BCUT2D eigenvalue weighted by Gasteiger charge is 2.48. The topological polar surface area (TPSA) is 0 Å². The van der Waals surface area contributed by atoms with E-state index in [0.29, 0.717) is 23.2 Å². The third-order valence-corrected chi connectivity index (χ3v) is 6.53. The predicted molar refractivity (Wildman–Crippen MR) is 101 cm³/mol. The lowest BCUT2D eigenvalue weighted by atomic mass is 9.70. The van der Waals surface area contributed by atoms with Crippen molar-refractivity contribution in [1.82, 2.24) is 0 Å². The van der Waals surface area contributed by atoms with Crippen molar-refractivity contribution in [3.05, 3.63) is 59.2 Å². The van der Waals surface area contributed by atoms with Crippen molar-refractivity contribution < 1.29 is 0 Å². The van der Waals surface area contributed by atoms with E-state index in [1.54, 1.807) is 16.7 Å². The molecule has 1 aromatic rings. The molecule has 1 aromatic carbocycles. The van der Waals surface area contributed by atoms with E-state index in [9.17, 15) is 0 Å². The predicted octanol–water partition coefficient (Wildman–Crippen LogP) is 6.46. The number of hydrogen-bond donors (Lipinski definition) is 0. The van der Waals surface area contributed by atoms with Gasteiger partial charge in [0.25, 0.3) is 0 Å². The van der Waals surface area contributed by atoms with Crippen molar-refractivity contribution in [3.8, 4) is 0 Å². The first-order valence-electron chi connectivity index (χ1n) is 9.58. The molecule has 0 aromatic heterocycles. The summed E-state index contributed by atoms with van der Waals surface area (Å²) < 4.78 is 0. The van der Waals surface area contributed by atoms with Crippen LogP contribution in [0, 0.1) is 17.3 Å². The molecule has 0 heterocycles. The Morgan fingerprint density at radius 1 is 1.09 bits per heavy atom. The van der Waals surface area contributed by atoms with Gasteiger partial charge in [-0.1, -0.05) is 83.0 Å². The van der Waals surface area contributed by atoms with E-state index in [2.05, 4.69) is 70.2 Å². The summed E-state index contributed by atoms with van der Waals surface area (Å²) in [6.45, 7) is 9.57. The van der Waals surface area contributed by atoms with Crippen molar-refractivity contribution in [3.63, 3.8) is 0 Å². The zero-order valence-corrected chi connectivity index (χ0v) is 15.3. The molecule has 0 bridgehead atoms. The van der Waals surface area contributed by atoms with Crippen LogP contribution < -0.4 is 0 Å². The molecular formula is C23H32. The Balaban J connectivity index is 2.00. The highest BCUT2D eigenvalue weighted by atomic mass is 14.5. The molecule has 0 spiro atoms. The molecule has 3 rings (SSSR count). The van der Waals surface area contributed by atoms with E-state index in [-0.39, 0.29) is 0 Å². The van der Waals surface area contributed by atoms with E-state index in [1.165, 1.54) is 32.1 Å². The van der Waals surface area contributed by atoms with Gasteiger partial charge in [-0.05, 0) is 59.1 Å². The van der Waals surface area contributed by atoms with Crippen LogP contribution in [0.15, 0.2) is 42.5 Å². The number of fused-ring (bicyclic) bond motifs is 1. The minimum atomic E-state index is 0.337. The van der Waals surface area contributed by atoms with Gasteiger partial charge in [-0.25, -0.2) is 0 Å². The van der Waals surface area contributed by atoms with Crippen LogP contribution in [-0.2, 0) is 12.8 Å². The Kier molecular flexibility index (Phi) is 4.80. The second-order valence-corrected chi connectivity index (χ2v) is 7.83. The molecule has 0 heteroatoms. The highest BCUT2D eigenvalue weighted by molar-refractivity contribution is 5.41. The van der Waals surface area contributed by atoms with E-state index in [1.807, 2.05) is 0 Å². The monoisotopic (exact) mass is 308 g/mol. The number of aryl methyl sites for hydroxylation is 1. The third kappa shape index (κ3) is 2.82. The summed E-state index contributed by atoms with van der Waals surface area (Å²) in [6.07, 6.45) is 15.7. The Bertz CT molecular complexity index is 606. The summed E-state index contributed by atoms with van der Waals surface area (Å²) in [5.41, 5.74) is 5.26. The van der Waals surface area contributed by atoms with Gasteiger partial charge in [0.2, 0.25) is 0 Å². The Hall–Kier alpha value is -1.30. The van der Waals surface area contributed by atoms with Crippen LogP contribution in [0.3, 0.4) is 0 Å². The molecule has 4 unspecified atom stereocenters. The number of hydrogen-bond acceptors (Lipinski definition) is 0. The molecule has 0 N–H and O–H groups in total. The first-order chi connectivity index (χ1) is 11.1. The molecule has 0 saturated heterocycles. The van der Waals surface area contributed by atoms with Crippen LogP contribution >= 0.6 is 0 Å². The van der Waals surface area contributed by atoms with E-state index in [4.69, 9.17) is 0 Å². The normalized spacial score (nSPS) is 32.3. The Morgan fingerprint density at radius 3 is 2.57 bits per heavy atom. The summed E-state index contributed by atoms with van der Waals surface area (Å²) in [5, 5.41) is 0. The SMILES string of the molecule is CCCc1cccc(C2CC3C=CC=CC3(C)C2C)c1CCC. The molecule has 0 nitrogen and oxygen atoms in total. The summed E-state index contributed by atoms with van der Waals surface area (Å²) in [5.74, 6) is 2.12. The maximum Gasteiger partial charge on any atom is -0.00489 e. The number of benzene rings is 1. The first kappa shape index (κ1) is 16.6. The standard InChI is InChI=1S/C23H32/c1-5-10-18-12-9-14-21(20(18)11-6-2)22-16-19-13-7-8-15-23(19,4)17(22)3/h7-9,12-15,17,19,22H,5-6,10-11,16H2,1-4H3. The Labute approximate surface area is 142 Å². The fourth-order valence-electron chi connectivity index (χ4n) is 4.98. The zero-order valence-electron chi connectivity index (χ0n) is 15.3. The molecular weight excluding hydrogens is 276 g/mol. The van der Waals surface area contributed by atoms with E-state index in [0.717, 1.165) is 0 Å². The maximum absolute atomic E-state index is 2.48. The van der Waals surface area contributed by atoms with Crippen LogP contribution in [0.1, 0.15) is 69.6 Å². The molecule has 23 heavy (non-hydrogen) atoms. The van der Waals surface area contributed by atoms with Gasteiger partial charge in [0.05, 0.1) is 0 Å². The van der Waals surface area contributed by atoms with Gasteiger partial charge in [0, 0.05) is 0 Å². The highest BCUT2D eigenvalue weighted by Crippen LogP contribution is 2.57. The lowest BCUT2D eigenvalue weighted by Crippen LogP contribution is -2.26. The van der Waals surface area contributed by atoms with E-state index < -0.39 is 0 Å². The molecule has 124 valence electrons. The zero-order chi connectivity index (χ0) is 16.4. The second-order valence-electron chi connectivity index (χ2n) is 7.83. The number of allylic oxidation sites excluding steroid dienone is 4. The fraction of sp³-hybridized carbons (Fsp3) is 0.565. The van der Waals surface area contributed by atoms with Crippen molar-refractivity contribution >= 4 is 0 Å². The van der Waals surface area contributed by atoms with E-state index >= 15 is 0 Å². The quantitative estimate of drug-likeness (QED) is 0.585. The molecule has 0 amide bonds. The van der Waals surface area contributed by atoms with Crippen LogP contribution in [0.2, 0.25) is 0 Å². The van der Waals surface area contributed by atoms with Crippen LogP contribution in [-0.4, -0.2) is 0 Å². The lowest BCUT2D eigenvalue weighted by Gasteiger charge is -2.34. The minimum Gasteiger partial charge on any atom is -0.0805 e. The van der Waals surface area contributed by atoms with Gasteiger partial charge in [-0.3, -0.25) is 0 Å². The summed E-state index contributed by atoms with van der Waals surface area (Å²) in [6, 6.07) is 7.10. The largest absolute Gasteiger partial charge is 0.0805 e. The van der Waals surface area contributed by atoms with Gasteiger partial charge in [-0.2, -0.15) is 0 Å². The molecule has 2 aliphatic rings. The minimum absolute atomic E-state index is 0.337. The smallest absolute Gasteiger partial charge is 0.00489 e. The fourth-order valence-corrected chi connectivity index (χ4v) is 4.98. The second kappa shape index (κ2) is 6.67. The molecule has 1 saturated carbocycles. The molecule has 0 aliphatic heterocycles.